The molecular weight excluding hydrogens is 348 g/mol. The number of ether oxygens (including phenoxy) is 2. The number of aromatic nitrogens is 3. The van der Waals surface area contributed by atoms with Crippen molar-refractivity contribution in [3.05, 3.63) is 32.8 Å². The molecule has 1 aromatic carbocycles. The molecule has 0 saturated carbocycles. The lowest BCUT2D eigenvalue weighted by Crippen LogP contribution is -2.12. The van der Waals surface area contributed by atoms with Crippen molar-refractivity contribution in [2.24, 2.45) is 5.84 Å². The van der Waals surface area contributed by atoms with E-state index in [4.69, 9.17) is 15.3 Å². The quantitative estimate of drug-likeness (QED) is 0.464. The predicted molar refractivity (Wildman–Crippen MR) is 75.1 cm³/mol. The number of anilines is 1. The van der Waals surface area contributed by atoms with E-state index in [1.54, 1.807) is 6.07 Å². The Morgan fingerprint density at radius 1 is 1.33 bits per heavy atom. The van der Waals surface area contributed by atoms with Crippen molar-refractivity contribution >= 4 is 27.6 Å². The van der Waals surface area contributed by atoms with Gasteiger partial charge in [-0.25, -0.2) is 5.84 Å². The molecule has 0 bridgehead atoms. The van der Waals surface area contributed by atoms with E-state index in [0.717, 1.165) is 0 Å². The summed E-state index contributed by atoms with van der Waals surface area (Å²) in [5.74, 6) is 5.16. The van der Waals surface area contributed by atoms with Gasteiger partial charge in [-0.05, 0) is 22.0 Å². The largest absolute Gasteiger partial charge is 0.467 e. The van der Waals surface area contributed by atoms with Crippen molar-refractivity contribution < 1.29 is 14.4 Å². The molecule has 1 aromatic heterocycles. The second-order valence-corrected chi connectivity index (χ2v) is 4.37. The second-order valence-electron chi connectivity index (χ2n) is 3.52. The van der Waals surface area contributed by atoms with Crippen LogP contribution in [0.5, 0.6) is 17.8 Å². The monoisotopic (exact) mass is 356 g/mol. The van der Waals surface area contributed by atoms with Gasteiger partial charge in [0.25, 0.3) is 0 Å². The van der Waals surface area contributed by atoms with Gasteiger partial charge in [0.15, 0.2) is 0 Å². The lowest BCUT2D eigenvalue weighted by atomic mass is 10.3. The van der Waals surface area contributed by atoms with Gasteiger partial charge in [-0.1, -0.05) is 6.07 Å². The Balaban J connectivity index is 2.45. The fraction of sp³-hybridized carbons (Fsp3) is 0.100. The Morgan fingerprint density at radius 3 is 2.67 bits per heavy atom. The molecule has 11 heteroatoms. The number of halogens is 1. The maximum Gasteiger partial charge on any atom is 0.330 e. The van der Waals surface area contributed by atoms with Crippen molar-refractivity contribution in [2.75, 3.05) is 12.5 Å². The molecule has 0 aliphatic heterocycles. The van der Waals surface area contributed by atoms with E-state index in [2.05, 4.69) is 36.3 Å². The maximum atomic E-state index is 11.0. The lowest BCUT2D eigenvalue weighted by Gasteiger charge is -2.08. The van der Waals surface area contributed by atoms with E-state index in [9.17, 15) is 10.1 Å². The summed E-state index contributed by atoms with van der Waals surface area (Å²) in [6.45, 7) is 0. The summed E-state index contributed by atoms with van der Waals surface area (Å²) in [5.41, 5.74) is 1.97. The van der Waals surface area contributed by atoms with Crippen LogP contribution in [0.3, 0.4) is 0 Å². The molecule has 0 saturated heterocycles. The zero-order valence-corrected chi connectivity index (χ0v) is 12.2. The summed E-state index contributed by atoms with van der Waals surface area (Å²) in [6.07, 6.45) is 0. The number of nitro benzene ring substituents is 1. The van der Waals surface area contributed by atoms with Gasteiger partial charge in [-0.3, -0.25) is 15.5 Å². The van der Waals surface area contributed by atoms with Crippen molar-refractivity contribution in [2.45, 2.75) is 0 Å². The molecule has 10 nitrogen and oxygen atoms in total. The molecule has 21 heavy (non-hydrogen) atoms. The molecule has 0 aliphatic rings. The van der Waals surface area contributed by atoms with Crippen molar-refractivity contribution in [3.8, 4) is 17.8 Å². The number of nitrogen functional groups attached to an aromatic ring is 1. The van der Waals surface area contributed by atoms with Gasteiger partial charge in [-0.15, -0.1) is 4.98 Å². The summed E-state index contributed by atoms with van der Waals surface area (Å²) in [4.78, 5) is 21.9. The molecule has 0 spiro atoms. The third-order valence-corrected chi connectivity index (χ3v) is 2.87. The average molecular weight is 357 g/mol. The second kappa shape index (κ2) is 6.28. The van der Waals surface area contributed by atoms with Gasteiger partial charge >= 0.3 is 17.7 Å². The SMILES string of the molecule is COc1nc(NN)nc(Oc2c(Br)cccc2[N+](=O)[O-])n1. The number of nitro groups is 1. The number of hydrazine groups is 1. The molecule has 3 N–H and O–H groups in total. The number of nitrogens with two attached hydrogens (primary N) is 1. The molecule has 0 radical (unpaired) electrons. The van der Waals surface area contributed by atoms with Crippen LogP contribution in [0.2, 0.25) is 0 Å². The first-order chi connectivity index (χ1) is 10.0. The molecule has 0 unspecified atom stereocenters. The Hall–Kier alpha value is -2.53. The number of methoxy groups -OCH3 is 1. The van der Waals surface area contributed by atoms with Crippen LogP contribution in [0.4, 0.5) is 11.6 Å². The van der Waals surface area contributed by atoms with Crippen molar-refractivity contribution in [3.63, 3.8) is 0 Å². The summed E-state index contributed by atoms with van der Waals surface area (Å²) in [6, 6.07) is 4.13. The summed E-state index contributed by atoms with van der Waals surface area (Å²) in [7, 11) is 1.35. The highest BCUT2D eigenvalue weighted by molar-refractivity contribution is 9.10. The normalized spacial score (nSPS) is 10.0. The highest BCUT2D eigenvalue weighted by atomic mass is 79.9. The number of benzene rings is 1. The molecule has 0 aliphatic carbocycles. The topological polar surface area (TPSA) is 138 Å². The fourth-order valence-corrected chi connectivity index (χ4v) is 1.81. The van der Waals surface area contributed by atoms with Crippen molar-refractivity contribution in [1.82, 2.24) is 15.0 Å². The first-order valence-electron chi connectivity index (χ1n) is 5.42. The third kappa shape index (κ3) is 3.32. The summed E-state index contributed by atoms with van der Waals surface area (Å²) >= 11 is 3.17. The molecular formula is C10H9BrN6O4. The molecule has 0 amide bonds. The van der Waals surface area contributed by atoms with Crippen LogP contribution in [0, 0.1) is 10.1 Å². The number of nitrogens with zero attached hydrogens (tertiary/aromatic N) is 4. The lowest BCUT2D eigenvalue weighted by molar-refractivity contribution is -0.385. The van der Waals surface area contributed by atoms with Gasteiger partial charge in [0.05, 0.1) is 16.5 Å². The minimum Gasteiger partial charge on any atom is -0.467 e. The van der Waals surface area contributed by atoms with E-state index in [-0.39, 0.29) is 29.4 Å². The highest BCUT2D eigenvalue weighted by Crippen LogP contribution is 2.37. The Bertz CT molecular complexity index is 660. The Kier molecular flexibility index (Phi) is 4.45. The Labute approximate surface area is 126 Å². The van der Waals surface area contributed by atoms with Gasteiger partial charge < -0.3 is 9.47 Å². The van der Waals surface area contributed by atoms with Crippen LogP contribution < -0.4 is 20.7 Å². The smallest absolute Gasteiger partial charge is 0.330 e. The standard InChI is InChI=1S/C10H9BrN6O4/c1-20-9-13-8(16-12)14-10(15-9)21-7-5(11)3-2-4-6(7)17(18)19/h2-4H,12H2,1H3,(H,13,14,15,16). The van der Waals surface area contributed by atoms with E-state index >= 15 is 0 Å². The fourth-order valence-electron chi connectivity index (χ4n) is 1.37. The van der Waals surface area contributed by atoms with E-state index in [1.807, 2.05) is 0 Å². The molecule has 0 atom stereocenters. The van der Waals surface area contributed by atoms with E-state index in [0.29, 0.717) is 4.47 Å². The molecule has 2 rings (SSSR count). The predicted octanol–water partition coefficient (Wildman–Crippen LogP) is 1.63. The minimum absolute atomic E-state index is 0.00782. The number of nitrogens with one attached hydrogen (secondary N) is 1. The number of para-hydroxylation sites is 1. The zero-order valence-electron chi connectivity index (χ0n) is 10.6. The van der Waals surface area contributed by atoms with Crippen LogP contribution in [-0.2, 0) is 0 Å². The molecule has 2 aromatic rings. The van der Waals surface area contributed by atoms with Crippen LogP contribution in [-0.4, -0.2) is 27.0 Å². The van der Waals surface area contributed by atoms with Crippen LogP contribution in [0.25, 0.3) is 0 Å². The first-order valence-corrected chi connectivity index (χ1v) is 6.22. The van der Waals surface area contributed by atoms with E-state index < -0.39 is 4.92 Å². The summed E-state index contributed by atoms with van der Waals surface area (Å²) < 4.78 is 10.6. The average Bonchev–Trinajstić information content (AvgIpc) is 2.48. The molecule has 0 fully saturated rings. The highest BCUT2D eigenvalue weighted by Gasteiger charge is 2.20. The van der Waals surface area contributed by atoms with Gasteiger partial charge in [0.1, 0.15) is 0 Å². The van der Waals surface area contributed by atoms with Crippen LogP contribution in [0.15, 0.2) is 22.7 Å². The Morgan fingerprint density at radius 2 is 2.05 bits per heavy atom. The number of hydrogen-bond donors (Lipinski definition) is 2. The van der Waals surface area contributed by atoms with Gasteiger partial charge in [0, 0.05) is 6.07 Å². The van der Waals surface area contributed by atoms with E-state index in [1.165, 1.54) is 19.2 Å². The number of hydrogen-bond acceptors (Lipinski definition) is 9. The van der Waals surface area contributed by atoms with Gasteiger partial charge in [-0.2, -0.15) is 9.97 Å². The minimum atomic E-state index is -0.583. The van der Waals surface area contributed by atoms with Crippen molar-refractivity contribution in [1.29, 1.82) is 0 Å². The maximum absolute atomic E-state index is 11.0. The first kappa shape index (κ1) is 14.9. The third-order valence-electron chi connectivity index (χ3n) is 2.24. The molecule has 110 valence electrons. The zero-order chi connectivity index (χ0) is 15.4. The number of rotatable bonds is 5. The van der Waals surface area contributed by atoms with Gasteiger partial charge in [0.2, 0.25) is 11.7 Å². The summed E-state index contributed by atoms with van der Waals surface area (Å²) in [5, 5.41) is 11.0. The molecule has 1 heterocycles. The van der Waals surface area contributed by atoms with Crippen LogP contribution >= 0.6 is 15.9 Å². The van der Waals surface area contributed by atoms with Crippen LogP contribution in [0.1, 0.15) is 0 Å².